The molecule has 0 fully saturated rings. The zero-order valence-corrected chi connectivity index (χ0v) is 26.0. The van der Waals surface area contributed by atoms with E-state index in [4.69, 9.17) is 17.2 Å². The van der Waals surface area contributed by atoms with Crippen LogP contribution < -0.4 is 33.2 Å². The summed E-state index contributed by atoms with van der Waals surface area (Å²) in [5.41, 5.74) is 19.0. The third-order valence-corrected chi connectivity index (χ3v) is 6.31. The van der Waals surface area contributed by atoms with Gasteiger partial charge in [-0.1, -0.05) is 24.3 Å². The summed E-state index contributed by atoms with van der Waals surface area (Å²) in [6.45, 7) is 7.82. The fourth-order valence-electron chi connectivity index (χ4n) is 4.11. The lowest BCUT2D eigenvalue weighted by atomic mass is 10.0. The van der Waals surface area contributed by atoms with E-state index in [1.807, 2.05) is 31.2 Å². The van der Waals surface area contributed by atoms with E-state index >= 15 is 0 Å². The first-order chi connectivity index (χ1) is 21.8. The van der Waals surface area contributed by atoms with Gasteiger partial charge in [0.15, 0.2) is 0 Å². The highest BCUT2D eigenvalue weighted by Crippen LogP contribution is 2.29. The van der Waals surface area contributed by atoms with Gasteiger partial charge in [0.2, 0.25) is 24.1 Å². The predicted molar refractivity (Wildman–Crippen MR) is 173 cm³/mol. The van der Waals surface area contributed by atoms with Crippen LogP contribution in [0.25, 0.3) is 6.08 Å². The van der Waals surface area contributed by atoms with Crippen LogP contribution in [-0.4, -0.2) is 80.6 Å². The normalized spacial score (nSPS) is 12.3. The SMILES string of the molecule is C=Nc1ccc(NC=O)cc1/C=C\C.C[C@@H](Cc1ccc(C(F)(F)F)cc1)NC(=O)CNC(=O)C(N)CC(=O)N(CCN)CCN. The van der Waals surface area contributed by atoms with Crippen LogP contribution in [0.3, 0.4) is 0 Å². The van der Waals surface area contributed by atoms with Gasteiger partial charge in [-0.25, -0.2) is 0 Å². The number of carbonyl (C=O) groups is 4. The number of aliphatic imine (C=N–C) groups is 1. The summed E-state index contributed by atoms with van der Waals surface area (Å²) in [4.78, 5) is 51.8. The maximum atomic E-state index is 12.6. The summed E-state index contributed by atoms with van der Waals surface area (Å²) in [6.07, 6.45) is 0.126. The molecule has 0 radical (unpaired) electrons. The first kappa shape index (κ1) is 39.4. The smallest absolute Gasteiger partial charge is 0.352 e. The lowest BCUT2D eigenvalue weighted by Crippen LogP contribution is -2.49. The Kier molecular flexibility index (Phi) is 17.5. The maximum absolute atomic E-state index is 12.6. The number of benzene rings is 2. The first-order valence-corrected chi connectivity index (χ1v) is 14.4. The topological polar surface area (TPSA) is 198 Å². The molecule has 252 valence electrons. The number of hydrogen-bond donors (Lipinski definition) is 6. The Bertz CT molecular complexity index is 1310. The predicted octanol–water partition coefficient (Wildman–Crippen LogP) is 1.95. The Morgan fingerprint density at radius 2 is 1.70 bits per heavy atom. The van der Waals surface area contributed by atoms with Crippen LogP contribution in [0.5, 0.6) is 0 Å². The quantitative estimate of drug-likeness (QED) is 0.118. The Morgan fingerprint density at radius 3 is 2.22 bits per heavy atom. The minimum atomic E-state index is -4.41. The van der Waals surface area contributed by atoms with E-state index in [1.165, 1.54) is 17.0 Å². The number of amides is 4. The molecular weight excluding hydrogens is 605 g/mol. The monoisotopic (exact) mass is 648 g/mol. The average molecular weight is 649 g/mol. The van der Waals surface area contributed by atoms with Crippen molar-refractivity contribution < 1.29 is 32.3 Å². The second kappa shape index (κ2) is 20.4. The van der Waals surface area contributed by atoms with Crippen LogP contribution in [-0.2, 0) is 31.8 Å². The molecule has 0 bridgehead atoms. The third-order valence-electron chi connectivity index (χ3n) is 6.31. The number of carbonyl (C=O) groups excluding carboxylic acids is 4. The molecule has 2 atom stereocenters. The Morgan fingerprint density at radius 1 is 1.07 bits per heavy atom. The van der Waals surface area contributed by atoms with Crippen LogP contribution >= 0.6 is 0 Å². The van der Waals surface area contributed by atoms with Gasteiger partial charge in [-0.2, -0.15) is 13.2 Å². The minimum Gasteiger partial charge on any atom is -0.352 e. The lowest BCUT2D eigenvalue weighted by molar-refractivity contribution is -0.137. The third kappa shape index (κ3) is 14.5. The fraction of sp³-hybridized carbons (Fsp3) is 0.387. The Labute approximate surface area is 266 Å². The molecule has 12 nitrogen and oxygen atoms in total. The zero-order valence-electron chi connectivity index (χ0n) is 26.0. The van der Waals surface area contributed by atoms with Gasteiger partial charge >= 0.3 is 6.18 Å². The van der Waals surface area contributed by atoms with E-state index in [1.54, 1.807) is 13.0 Å². The van der Waals surface area contributed by atoms with Gasteiger partial charge in [0.1, 0.15) is 0 Å². The molecule has 0 aliphatic heterocycles. The highest BCUT2D eigenvalue weighted by Gasteiger charge is 2.30. The van der Waals surface area contributed by atoms with E-state index in [0.717, 1.165) is 29.1 Å². The molecule has 9 N–H and O–H groups in total. The summed E-state index contributed by atoms with van der Waals surface area (Å²) >= 11 is 0. The van der Waals surface area contributed by atoms with Crippen LogP contribution in [0.1, 0.15) is 37.0 Å². The molecule has 0 aliphatic rings. The second-order valence-corrected chi connectivity index (χ2v) is 10.0. The molecule has 0 aromatic heterocycles. The van der Waals surface area contributed by atoms with Gasteiger partial charge in [0, 0.05) is 43.5 Å². The van der Waals surface area contributed by atoms with Gasteiger partial charge in [0.05, 0.1) is 30.3 Å². The number of allylic oxidation sites excluding steroid dienone is 1. The van der Waals surface area contributed by atoms with Gasteiger partial charge in [-0.3, -0.25) is 24.2 Å². The van der Waals surface area contributed by atoms with Gasteiger partial charge in [-0.15, -0.1) is 0 Å². The van der Waals surface area contributed by atoms with Crippen molar-refractivity contribution in [3.63, 3.8) is 0 Å². The molecule has 46 heavy (non-hydrogen) atoms. The summed E-state index contributed by atoms with van der Waals surface area (Å²) in [6, 6.07) is 8.58. The standard InChI is InChI=1S/C20H31F3N6O3.C11H12N2O/c1-13(10-14-2-4-15(5-3-14)20(21,22)23)28-17(30)12-27-19(32)16(26)11-18(31)29(8-6-24)9-7-25;1-3-4-9-7-10(13-8-14)5-6-11(9)12-2/h2-5,13,16H,6-12,24-26H2,1H3,(H,27,32)(H,28,30);3-8H,2H2,1H3,(H,13,14)/b;4-3-/t13-,16?;/m0./s1. The molecule has 0 saturated carbocycles. The molecule has 0 spiro atoms. The largest absolute Gasteiger partial charge is 0.416 e. The first-order valence-electron chi connectivity index (χ1n) is 14.4. The van der Waals surface area contributed by atoms with Gasteiger partial charge in [0.25, 0.3) is 0 Å². The molecule has 0 saturated heterocycles. The van der Waals surface area contributed by atoms with Crippen molar-refractivity contribution in [3.05, 3.63) is 65.2 Å². The van der Waals surface area contributed by atoms with E-state index in [9.17, 15) is 32.3 Å². The molecule has 2 aromatic rings. The number of nitrogens with zero attached hydrogens (tertiary/aromatic N) is 2. The van der Waals surface area contributed by atoms with Crippen molar-refractivity contribution >= 4 is 48.3 Å². The van der Waals surface area contributed by atoms with Crippen molar-refractivity contribution in [2.24, 2.45) is 22.2 Å². The highest BCUT2D eigenvalue weighted by atomic mass is 19.4. The fourth-order valence-corrected chi connectivity index (χ4v) is 4.11. The van der Waals surface area contributed by atoms with Crippen molar-refractivity contribution in [3.8, 4) is 0 Å². The van der Waals surface area contributed by atoms with Crippen molar-refractivity contribution in [2.75, 3.05) is 38.0 Å². The van der Waals surface area contributed by atoms with Gasteiger partial charge < -0.3 is 38.1 Å². The number of hydrogen-bond acceptors (Lipinski definition) is 8. The average Bonchev–Trinajstić information content (AvgIpc) is 3.00. The Balaban J connectivity index is 0.000000626. The van der Waals surface area contributed by atoms with Gasteiger partial charge in [-0.05, 0) is 62.9 Å². The molecule has 15 heteroatoms. The maximum Gasteiger partial charge on any atom is 0.416 e. The van der Waals surface area contributed by atoms with Crippen LogP contribution in [0.2, 0.25) is 0 Å². The summed E-state index contributed by atoms with van der Waals surface area (Å²) in [7, 11) is 0. The summed E-state index contributed by atoms with van der Waals surface area (Å²) in [5.74, 6) is -1.52. The molecule has 0 aliphatic carbocycles. The van der Waals surface area contributed by atoms with Crippen molar-refractivity contribution in [1.82, 2.24) is 15.5 Å². The number of nitrogens with two attached hydrogens (primary N) is 3. The summed E-state index contributed by atoms with van der Waals surface area (Å²) in [5, 5.41) is 7.58. The van der Waals surface area contributed by atoms with Crippen LogP contribution in [0.15, 0.2) is 53.5 Å². The molecule has 2 aromatic carbocycles. The van der Waals surface area contributed by atoms with Crippen molar-refractivity contribution in [1.29, 1.82) is 0 Å². The van der Waals surface area contributed by atoms with E-state index in [-0.39, 0.29) is 38.0 Å². The minimum absolute atomic E-state index is 0.248. The van der Waals surface area contributed by atoms with Crippen LogP contribution in [0, 0.1) is 0 Å². The van der Waals surface area contributed by atoms with Crippen molar-refractivity contribution in [2.45, 2.75) is 44.9 Å². The highest BCUT2D eigenvalue weighted by molar-refractivity contribution is 5.91. The number of halogens is 3. The number of nitrogens with one attached hydrogen (secondary N) is 3. The van der Waals surface area contributed by atoms with Crippen LogP contribution in [0.4, 0.5) is 24.5 Å². The molecular formula is C31H43F3N8O4. The molecule has 4 amide bonds. The second-order valence-electron chi connectivity index (χ2n) is 10.0. The van der Waals surface area contributed by atoms with E-state index in [2.05, 4.69) is 27.7 Å². The molecule has 1 unspecified atom stereocenters. The Hall–Kier alpha value is -4.60. The number of anilines is 1. The van der Waals surface area contributed by atoms with E-state index in [0.29, 0.717) is 31.5 Å². The summed E-state index contributed by atoms with van der Waals surface area (Å²) < 4.78 is 37.8. The lowest BCUT2D eigenvalue weighted by Gasteiger charge is -2.22. The van der Waals surface area contributed by atoms with E-state index < -0.39 is 29.6 Å². The number of rotatable bonds is 16. The zero-order chi connectivity index (χ0) is 34.7. The molecule has 2 rings (SSSR count). The number of alkyl halides is 3. The molecule has 0 heterocycles.